The number of fused-ring (bicyclic) bond motifs is 4. The zero-order chi connectivity index (χ0) is 52.1. The van der Waals surface area contributed by atoms with E-state index >= 15 is 0 Å². The van der Waals surface area contributed by atoms with Crippen molar-refractivity contribution in [2.24, 2.45) is 0 Å². The predicted molar refractivity (Wildman–Crippen MR) is 281 cm³/mol. The number of carboxylic acids is 1. The lowest BCUT2D eigenvalue weighted by Gasteiger charge is -2.14. The number of aliphatic hydroxyl groups excluding tert-OH is 2. The first-order valence-electron chi connectivity index (χ1n) is 22.6. The number of H-pyrrole nitrogens is 4. The quantitative estimate of drug-likeness (QED) is 0.0501. The van der Waals surface area contributed by atoms with Crippen LogP contribution in [0.25, 0.3) is 43.6 Å². The Labute approximate surface area is 433 Å². The predicted octanol–water partition coefficient (Wildman–Crippen LogP) is 8.15. The third-order valence-corrected chi connectivity index (χ3v) is 12.8. The zero-order valence-electron chi connectivity index (χ0n) is 39.3. The first-order chi connectivity index (χ1) is 34.5. The highest BCUT2D eigenvalue weighted by molar-refractivity contribution is 6.36. The summed E-state index contributed by atoms with van der Waals surface area (Å²) in [6.07, 6.45) is 9.11. The summed E-state index contributed by atoms with van der Waals surface area (Å²) in [5, 5.41) is 44.8. The van der Waals surface area contributed by atoms with Crippen LogP contribution in [0.5, 0.6) is 0 Å². The number of rotatable bonds is 14. The number of hydrogen-bond donors (Lipinski definition) is 11. The number of aliphatic hydroxyl groups is 2. The molecule has 4 amide bonds. The van der Waals surface area contributed by atoms with Gasteiger partial charge in [0.25, 0.3) is 0 Å². The van der Waals surface area contributed by atoms with Gasteiger partial charge in [-0.2, -0.15) is 0 Å². The number of hydrogen-bond acceptors (Lipinski definition) is 8. The Bertz CT molecular complexity index is 3080. The van der Waals surface area contributed by atoms with Crippen LogP contribution in [0.1, 0.15) is 43.0 Å². The molecule has 0 saturated carbocycles. The first kappa shape index (κ1) is 54.6. The van der Waals surface area contributed by atoms with Gasteiger partial charge in [-0.1, -0.05) is 94.9 Å². The fourth-order valence-corrected chi connectivity index (χ4v) is 9.19. The minimum Gasteiger partial charge on any atom is -0.480 e. The van der Waals surface area contributed by atoms with Gasteiger partial charge in [0.1, 0.15) is 12.6 Å². The second-order valence-electron chi connectivity index (χ2n) is 16.9. The van der Waals surface area contributed by atoms with E-state index in [1.807, 2.05) is 79.3 Å². The lowest BCUT2D eigenvalue weighted by Crippen LogP contribution is -2.41. The van der Waals surface area contributed by atoms with Gasteiger partial charge in [0, 0.05) is 73.5 Å². The summed E-state index contributed by atoms with van der Waals surface area (Å²) >= 11 is 24.3. The molecule has 380 valence electrons. The third-order valence-electron chi connectivity index (χ3n) is 11.5. The summed E-state index contributed by atoms with van der Waals surface area (Å²) in [5.41, 5.74) is 7.47. The highest BCUT2D eigenvalue weighted by Gasteiger charge is 2.24. The Morgan fingerprint density at radius 2 is 0.917 bits per heavy atom. The number of ether oxygens (including phenoxy) is 1. The Morgan fingerprint density at radius 1 is 0.569 bits per heavy atom. The van der Waals surface area contributed by atoms with Crippen LogP contribution in [0.3, 0.4) is 0 Å². The zero-order valence-corrected chi connectivity index (χ0v) is 42.3. The molecule has 0 radical (unpaired) electrons. The molecule has 1 aliphatic heterocycles. The van der Waals surface area contributed by atoms with Crippen molar-refractivity contribution in [3.05, 3.63) is 140 Å². The van der Waals surface area contributed by atoms with Crippen LogP contribution in [-0.2, 0) is 49.6 Å². The number of amides is 4. The standard InChI is InChI=1S/C13H13ClN2O3.2C13H15ClN2O2.C12H11ClN2O2/c1-7(17)16-11(13(18)19)5-8-6-15-12-9(8)3-2-4-10(12)14;2*1-8(18)16-10(7-17)5-9-6-15-13-11(9)3-2-4-12(13)14;13-10-3-1-2-9-7(5-14-11(9)10)4-8-6-17-12(16)15-8/h2-4,6,11,15H,5H2,1H3,(H,16,17)(H,18,19);2*2-4,6,10,15,17H,5,7H2,1H3,(H,16,18);1-3,5,8,14H,4,6H2,(H,15,16). The molecule has 4 unspecified atom stereocenters. The van der Waals surface area contributed by atoms with Crippen LogP contribution in [0, 0.1) is 0 Å². The summed E-state index contributed by atoms with van der Waals surface area (Å²) in [5.74, 6) is -1.73. The summed E-state index contributed by atoms with van der Waals surface area (Å²) in [7, 11) is 0. The van der Waals surface area contributed by atoms with Gasteiger partial charge in [-0.05, 0) is 65.8 Å². The maximum Gasteiger partial charge on any atom is 0.407 e. The molecule has 1 aliphatic rings. The van der Waals surface area contributed by atoms with Gasteiger partial charge >= 0.3 is 12.1 Å². The number of benzene rings is 4. The maximum atomic E-state index is 11.1. The van der Waals surface area contributed by atoms with E-state index < -0.39 is 12.0 Å². The molecule has 8 aromatic rings. The average Bonchev–Trinajstić information content (AvgIpc) is 4.20. The molecule has 11 N–H and O–H groups in total. The Morgan fingerprint density at radius 3 is 1.24 bits per heavy atom. The SMILES string of the molecule is CC(=O)NC(CO)Cc1c[nH]c2c(Cl)cccc12.CC(=O)NC(CO)Cc1c[nH]c2c(Cl)cccc12.CC(=O)NC(Cc1c[nH]c2c(Cl)cccc12)C(=O)O.O=C1NC(Cc2c[nH]c3c(Cl)cccc23)CO1. The molecule has 1 fully saturated rings. The van der Waals surface area contributed by atoms with Crippen molar-refractivity contribution in [2.75, 3.05) is 19.8 Å². The smallest absolute Gasteiger partial charge is 0.407 e. The molecular weight excluding hydrogens is 1010 g/mol. The molecule has 5 heterocycles. The molecule has 21 heteroatoms. The van der Waals surface area contributed by atoms with Crippen LogP contribution in [0.15, 0.2) is 97.6 Å². The lowest BCUT2D eigenvalue weighted by molar-refractivity contribution is -0.141. The number of carbonyl (C=O) groups excluding carboxylic acids is 4. The number of nitrogens with one attached hydrogen (secondary N) is 8. The fraction of sp³-hybridized carbons (Fsp3) is 0.275. The number of halogens is 4. The van der Waals surface area contributed by atoms with Crippen LogP contribution in [0.4, 0.5) is 4.79 Å². The van der Waals surface area contributed by atoms with Crippen LogP contribution >= 0.6 is 46.4 Å². The highest BCUT2D eigenvalue weighted by Crippen LogP contribution is 2.29. The van der Waals surface area contributed by atoms with Gasteiger partial charge in [-0.25, -0.2) is 9.59 Å². The summed E-state index contributed by atoms with van der Waals surface area (Å²) in [6.45, 7) is 4.41. The van der Waals surface area contributed by atoms with Gasteiger partial charge in [-0.15, -0.1) is 0 Å². The molecule has 4 aromatic carbocycles. The number of carboxylic acid groups (broad SMARTS) is 1. The molecule has 72 heavy (non-hydrogen) atoms. The molecule has 17 nitrogen and oxygen atoms in total. The van der Waals surface area contributed by atoms with Crippen molar-refractivity contribution in [1.29, 1.82) is 0 Å². The van der Waals surface area contributed by atoms with E-state index in [0.29, 0.717) is 39.5 Å². The lowest BCUT2D eigenvalue weighted by atomic mass is 10.1. The number of cyclic esters (lactones) is 1. The monoisotopic (exact) mass is 1060 g/mol. The normalized spacial score (nSPS) is 14.1. The second-order valence-corrected chi connectivity index (χ2v) is 18.5. The van der Waals surface area contributed by atoms with Gasteiger partial charge in [0.2, 0.25) is 17.7 Å². The molecule has 9 rings (SSSR count). The van der Waals surface area contributed by atoms with Crippen LogP contribution in [-0.4, -0.2) is 109 Å². The Balaban J connectivity index is 0.000000157. The van der Waals surface area contributed by atoms with E-state index in [9.17, 15) is 34.2 Å². The van der Waals surface area contributed by atoms with E-state index in [4.69, 9.17) is 56.2 Å². The highest BCUT2D eigenvalue weighted by atomic mass is 35.5. The Kier molecular flexibility index (Phi) is 19.4. The van der Waals surface area contributed by atoms with E-state index in [2.05, 4.69) is 41.2 Å². The third kappa shape index (κ3) is 14.5. The number of para-hydroxylation sites is 4. The van der Waals surface area contributed by atoms with Gasteiger partial charge in [0.15, 0.2) is 0 Å². The van der Waals surface area contributed by atoms with E-state index in [1.54, 1.807) is 18.3 Å². The maximum absolute atomic E-state index is 11.1. The van der Waals surface area contributed by atoms with Crippen molar-refractivity contribution in [1.82, 2.24) is 41.2 Å². The first-order valence-corrected chi connectivity index (χ1v) is 24.1. The number of aromatic amines is 4. The van der Waals surface area contributed by atoms with Crippen molar-refractivity contribution in [3.8, 4) is 0 Å². The number of carbonyl (C=O) groups is 5. The Hall–Kier alpha value is -6.73. The van der Waals surface area contributed by atoms with Crippen LogP contribution in [0.2, 0.25) is 20.1 Å². The van der Waals surface area contributed by atoms with Crippen molar-refractivity contribution in [2.45, 2.75) is 70.6 Å². The number of aromatic nitrogens is 4. The summed E-state index contributed by atoms with van der Waals surface area (Å²) in [6, 6.07) is 21.1. The second kappa shape index (κ2) is 25.6. The molecule has 0 spiro atoms. The molecule has 0 aliphatic carbocycles. The molecule has 4 aromatic heterocycles. The van der Waals surface area contributed by atoms with Gasteiger partial charge < -0.3 is 61.3 Å². The van der Waals surface area contributed by atoms with Crippen molar-refractivity contribution in [3.63, 3.8) is 0 Å². The van der Waals surface area contributed by atoms with Crippen molar-refractivity contribution >= 4 is 120 Å². The summed E-state index contributed by atoms with van der Waals surface area (Å²) < 4.78 is 4.86. The minimum absolute atomic E-state index is 0.0421. The van der Waals surface area contributed by atoms with Gasteiger partial charge in [0.05, 0.1) is 73.5 Å². The fourth-order valence-electron chi connectivity index (χ4n) is 8.27. The van der Waals surface area contributed by atoms with E-state index in [0.717, 1.165) is 72.3 Å². The average molecular weight is 1060 g/mol. The summed E-state index contributed by atoms with van der Waals surface area (Å²) in [4.78, 5) is 67.5. The topological polar surface area (TPSA) is 267 Å². The minimum atomic E-state index is -1.06. The van der Waals surface area contributed by atoms with Crippen molar-refractivity contribution < 1.29 is 44.0 Å². The van der Waals surface area contributed by atoms with E-state index in [1.165, 1.54) is 20.8 Å². The number of aliphatic carboxylic acids is 1. The van der Waals surface area contributed by atoms with Gasteiger partial charge in [-0.3, -0.25) is 14.4 Å². The number of alkyl carbamates (subject to hydrolysis) is 1. The van der Waals surface area contributed by atoms with E-state index in [-0.39, 0.29) is 61.6 Å². The molecular formula is C51H54Cl4N8O9. The van der Waals surface area contributed by atoms with Crippen LogP contribution < -0.4 is 21.3 Å². The molecule has 0 bridgehead atoms. The largest absolute Gasteiger partial charge is 0.480 e. The molecule has 1 saturated heterocycles. The molecule has 4 atom stereocenters.